The van der Waals surface area contributed by atoms with Crippen molar-refractivity contribution in [3.63, 3.8) is 0 Å². The van der Waals surface area contributed by atoms with E-state index in [0.29, 0.717) is 13.2 Å². The van der Waals surface area contributed by atoms with Gasteiger partial charge < -0.3 is 15.4 Å². The average molecular weight is 377 g/mol. The van der Waals surface area contributed by atoms with Crippen molar-refractivity contribution >= 4 is 29.9 Å². The van der Waals surface area contributed by atoms with E-state index in [-0.39, 0.29) is 24.0 Å². The highest BCUT2D eigenvalue weighted by Crippen LogP contribution is 2.17. The molecule has 0 aromatic heterocycles. The maximum absolute atomic E-state index is 5.58. The molecule has 0 aliphatic carbocycles. The summed E-state index contributed by atoms with van der Waals surface area (Å²) in [6.07, 6.45) is 1.08. The zero-order valence-electron chi connectivity index (χ0n) is 11.9. The fraction of sp³-hybridized carbons (Fsp3) is 0.500. The molecule has 1 rings (SSSR count). The van der Waals surface area contributed by atoms with Crippen molar-refractivity contribution in [2.45, 2.75) is 26.8 Å². The fourth-order valence-electron chi connectivity index (χ4n) is 1.59. The lowest BCUT2D eigenvalue weighted by molar-refractivity contribution is 0.336. The first-order chi connectivity index (χ1) is 8.81. The van der Waals surface area contributed by atoms with Crippen molar-refractivity contribution in [1.82, 2.24) is 10.6 Å². The summed E-state index contributed by atoms with van der Waals surface area (Å²) in [5.74, 6) is 1.75. The lowest BCUT2D eigenvalue weighted by Gasteiger charge is -2.13. The molecule has 0 amide bonds. The number of benzene rings is 1. The number of guanidine groups is 1. The van der Waals surface area contributed by atoms with E-state index < -0.39 is 0 Å². The van der Waals surface area contributed by atoms with Crippen LogP contribution in [0.15, 0.2) is 29.3 Å². The zero-order valence-corrected chi connectivity index (χ0v) is 14.2. The number of para-hydroxylation sites is 1. The number of halogens is 1. The van der Waals surface area contributed by atoms with Crippen LogP contribution in [0.2, 0.25) is 0 Å². The second-order valence-corrected chi connectivity index (χ2v) is 3.89. The van der Waals surface area contributed by atoms with Crippen molar-refractivity contribution in [1.29, 1.82) is 0 Å². The van der Waals surface area contributed by atoms with Crippen molar-refractivity contribution in [3.8, 4) is 5.75 Å². The quantitative estimate of drug-likeness (QED) is 0.455. The first-order valence-corrected chi connectivity index (χ1v) is 6.47. The van der Waals surface area contributed by atoms with Gasteiger partial charge in [0, 0.05) is 25.7 Å². The molecule has 0 atom stereocenters. The third-order valence-corrected chi connectivity index (χ3v) is 2.48. The summed E-state index contributed by atoms with van der Waals surface area (Å²) in [5, 5.41) is 6.52. The Morgan fingerprint density at radius 2 is 1.95 bits per heavy atom. The molecule has 0 unspecified atom stereocenters. The molecule has 108 valence electrons. The van der Waals surface area contributed by atoms with Crippen molar-refractivity contribution < 1.29 is 4.74 Å². The molecule has 19 heavy (non-hydrogen) atoms. The zero-order chi connectivity index (χ0) is 13.2. The van der Waals surface area contributed by atoms with Gasteiger partial charge in [-0.3, -0.25) is 4.99 Å². The Kier molecular flexibility index (Phi) is 10.3. The monoisotopic (exact) mass is 377 g/mol. The molecule has 0 saturated heterocycles. The van der Waals surface area contributed by atoms with Crippen LogP contribution < -0.4 is 15.4 Å². The molecule has 0 bridgehead atoms. The molecule has 4 nitrogen and oxygen atoms in total. The fourth-order valence-corrected chi connectivity index (χ4v) is 1.59. The van der Waals surface area contributed by atoms with Gasteiger partial charge in [-0.05, 0) is 19.4 Å². The minimum absolute atomic E-state index is 0. The predicted molar refractivity (Wildman–Crippen MR) is 91.5 cm³/mol. The summed E-state index contributed by atoms with van der Waals surface area (Å²) >= 11 is 0. The van der Waals surface area contributed by atoms with Crippen LogP contribution in [0.25, 0.3) is 0 Å². The Morgan fingerprint density at radius 3 is 2.58 bits per heavy atom. The number of aliphatic imine (C=N–C) groups is 1. The van der Waals surface area contributed by atoms with E-state index in [1.54, 1.807) is 7.05 Å². The number of ether oxygens (including phenoxy) is 1. The van der Waals surface area contributed by atoms with Gasteiger partial charge in [0.25, 0.3) is 0 Å². The average Bonchev–Trinajstić information content (AvgIpc) is 2.41. The lowest BCUT2D eigenvalue weighted by Crippen LogP contribution is -2.37. The number of hydrogen-bond acceptors (Lipinski definition) is 2. The number of rotatable bonds is 6. The van der Waals surface area contributed by atoms with Gasteiger partial charge in [0.15, 0.2) is 5.96 Å². The van der Waals surface area contributed by atoms with Crippen molar-refractivity contribution in [2.75, 3.05) is 20.2 Å². The molecule has 0 radical (unpaired) electrons. The maximum Gasteiger partial charge on any atom is 0.191 e. The van der Waals surface area contributed by atoms with E-state index in [1.807, 2.05) is 25.1 Å². The molecule has 0 aliphatic rings. The summed E-state index contributed by atoms with van der Waals surface area (Å²) < 4.78 is 5.58. The molecular weight excluding hydrogens is 353 g/mol. The predicted octanol–water partition coefficient (Wildman–Crippen LogP) is 2.78. The smallest absolute Gasteiger partial charge is 0.191 e. The van der Waals surface area contributed by atoms with Gasteiger partial charge in [0.1, 0.15) is 5.75 Å². The molecule has 0 heterocycles. The standard InChI is InChI=1S/C14H23N3O.HI/c1-4-10-16-14(15-3)17-11-12-8-6-7-9-13(12)18-5-2;/h6-9H,4-5,10-11H2,1-3H3,(H2,15,16,17);1H. The Morgan fingerprint density at radius 1 is 1.21 bits per heavy atom. The lowest BCUT2D eigenvalue weighted by atomic mass is 10.2. The van der Waals surface area contributed by atoms with E-state index in [0.717, 1.165) is 30.2 Å². The first kappa shape index (κ1) is 18.0. The third kappa shape index (κ3) is 6.66. The SMILES string of the molecule is CCCNC(=NC)NCc1ccccc1OCC.I. The number of nitrogens with zero attached hydrogens (tertiary/aromatic N) is 1. The topological polar surface area (TPSA) is 45.7 Å². The van der Waals surface area contributed by atoms with Gasteiger partial charge in [-0.1, -0.05) is 25.1 Å². The van der Waals surface area contributed by atoms with Crippen LogP contribution in [-0.4, -0.2) is 26.2 Å². The summed E-state index contributed by atoms with van der Waals surface area (Å²) in [7, 11) is 1.78. The highest BCUT2D eigenvalue weighted by atomic mass is 127. The highest BCUT2D eigenvalue weighted by Gasteiger charge is 2.03. The summed E-state index contributed by atoms with van der Waals surface area (Å²) in [5.41, 5.74) is 1.14. The third-order valence-electron chi connectivity index (χ3n) is 2.48. The number of nitrogens with one attached hydrogen (secondary N) is 2. The van der Waals surface area contributed by atoms with Crippen LogP contribution in [0.4, 0.5) is 0 Å². The Labute approximate surface area is 133 Å². The normalized spacial score (nSPS) is 10.6. The molecule has 1 aromatic carbocycles. The summed E-state index contributed by atoms with van der Waals surface area (Å²) in [6, 6.07) is 8.05. The molecule has 0 fully saturated rings. The van der Waals surface area contributed by atoms with Gasteiger partial charge in [-0.2, -0.15) is 0 Å². The Balaban J connectivity index is 0.00000324. The summed E-state index contributed by atoms with van der Waals surface area (Å²) in [4.78, 5) is 4.17. The molecule has 2 N–H and O–H groups in total. The van der Waals surface area contributed by atoms with Crippen molar-refractivity contribution in [3.05, 3.63) is 29.8 Å². The van der Waals surface area contributed by atoms with Crippen LogP contribution in [0, 0.1) is 0 Å². The molecule has 1 aromatic rings. The summed E-state index contributed by atoms with van der Waals surface area (Å²) in [6.45, 7) is 6.43. The van der Waals surface area contributed by atoms with Crippen LogP contribution in [0.1, 0.15) is 25.8 Å². The van der Waals surface area contributed by atoms with E-state index in [9.17, 15) is 0 Å². The molecule has 5 heteroatoms. The van der Waals surface area contributed by atoms with Gasteiger partial charge in [-0.15, -0.1) is 24.0 Å². The van der Waals surface area contributed by atoms with Gasteiger partial charge in [-0.25, -0.2) is 0 Å². The molecule has 0 aliphatic heterocycles. The van der Waals surface area contributed by atoms with Gasteiger partial charge in [0.05, 0.1) is 6.61 Å². The molecule has 0 spiro atoms. The molecular formula is C14H24IN3O. The van der Waals surface area contributed by atoms with E-state index in [1.165, 1.54) is 0 Å². The van der Waals surface area contributed by atoms with Crippen molar-refractivity contribution in [2.24, 2.45) is 4.99 Å². The minimum Gasteiger partial charge on any atom is -0.494 e. The Bertz CT molecular complexity index is 383. The first-order valence-electron chi connectivity index (χ1n) is 6.47. The van der Waals surface area contributed by atoms with E-state index in [4.69, 9.17) is 4.74 Å². The second kappa shape index (κ2) is 10.9. The largest absolute Gasteiger partial charge is 0.494 e. The molecule has 0 saturated carbocycles. The van der Waals surface area contributed by atoms with Crippen LogP contribution in [0.5, 0.6) is 5.75 Å². The van der Waals surface area contributed by atoms with Crippen LogP contribution in [-0.2, 0) is 6.54 Å². The second-order valence-electron chi connectivity index (χ2n) is 3.89. The highest BCUT2D eigenvalue weighted by molar-refractivity contribution is 14.0. The maximum atomic E-state index is 5.58. The van der Waals surface area contributed by atoms with Crippen LogP contribution in [0.3, 0.4) is 0 Å². The van der Waals surface area contributed by atoms with E-state index >= 15 is 0 Å². The number of hydrogen-bond donors (Lipinski definition) is 2. The van der Waals surface area contributed by atoms with Gasteiger partial charge >= 0.3 is 0 Å². The van der Waals surface area contributed by atoms with Crippen LogP contribution >= 0.6 is 24.0 Å². The Hall–Kier alpha value is -0.980. The van der Waals surface area contributed by atoms with E-state index in [2.05, 4.69) is 28.6 Å². The minimum atomic E-state index is 0. The van der Waals surface area contributed by atoms with Gasteiger partial charge in [0.2, 0.25) is 0 Å².